The predicted molar refractivity (Wildman–Crippen MR) is 113 cm³/mol. The van der Waals surface area contributed by atoms with Gasteiger partial charge >= 0.3 is 0 Å². The zero-order valence-corrected chi connectivity index (χ0v) is 17.3. The molecule has 8 heteroatoms. The molecule has 0 saturated carbocycles. The smallest absolute Gasteiger partial charge is 0.242 e. The Morgan fingerprint density at radius 3 is 2.69 bits per heavy atom. The molecular weight excluding hydrogens is 408 g/mol. The van der Waals surface area contributed by atoms with Crippen LogP contribution >= 0.6 is 11.6 Å². The van der Waals surface area contributed by atoms with Crippen LogP contribution < -0.4 is 4.72 Å². The summed E-state index contributed by atoms with van der Waals surface area (Å²) in [5.74, 6) is 0.579. The molecule has 0 saturated heterocycles. The first-order valence-electron chi connectivity index (χ1n) is 9.04. The van der Waals surface area contributed by atoms with E-state index in [1.165, 1.54) is 6.07 Å². The summed E-state index contributed by atoms with van der Waals surface area (Å²) >= 11 is 6.06. The first kappa shape index (κ1) is 19.6. The summed E-state index contributed by atoms with van der Waals surface area (Å²) in [4.78, 5) is 9.07. The van der Waals surface area contributed by atoms with Gasteiger partial charge in [0.15, 0.2) is 5.65 Å². The maximum Gasteiger partial charge on any atom is 0.242 e. The van der Waals surface area contributed by atoms with Gasteiger partial charge in [-0.15, -0.1) is 0 Å². The lowest BCUT2D eigenvalue weighted by atomic mass is 10.1. The third-order valence-electron chi connectivity index (χ3n) is 4.55. The molecule has 0 unspecified atom stereocenters. The van der Waals surface area contributed by atoms with Crippen LogP contribution in [0.3, 0.4) is 0 Å². The number of aromatic nitrogens is 3. The first-order chi connectivity index (χ1) is 13.9. The van der Waals surface area contributed by atoms with E-state index in [1.807, 2.05) is 41.8 Å². The van der Waals surface area contributed by atoms with E-state index in [2.05, 4.69) is 20.8 Å². The number of halogens is 1. The Hall–Kier alpha value is -2.74. The van der Waals surface area contributed by atoms with Crippen molar-refractivity contribution in [2.24, 2.45) is 0 Å². The number of hydrogen-bond donors (Lipinski definition) is 1. The minimum atomic E-state index is -3.78. The minimum Gasteiger partial charge on any atom is -0.307 e. The lowest BCUT2D eigenvalue weighted by Gasteiger charge is -2.11. The van der Waals surface area contributed by atoms with E-state index < -0.39 is 10.0 Å². The van der Waals surface area contributed by atoms with Crippen molar-refractivity contribution < 1.29 is 8.42 Å². The van der Waals surface area contributed by atoms with Crippen LogP contribution in [0, 0.1) is 6.92 Å². The second-order valence-electron chi connectivity index (χ2n) is 6.70. The van der Waals surface area contributed by atoms with E-state index in [9.17, 15) is 8.42 Å². The number of imidazole rings is 1. The van der Waals surface area contributed by atoms with Gasteiger partial charge in [-0.3, -0.25) is 0 Å². The number of nitrogens with one attached hydrogen (secondary N) is 1. The summed E-state index contributed by atoms with van der Waals surface area (Å²) in [6.07, 6.45) is 1.70. The number of aryl methyl sites for hydroxylation is 1. The number of nitrogens with zero attached hydrogens (tertiary/aromatic N) is 3. The quantitative estimate of drug-likeness (QED) is 0.507. The molecule has 0 aliphatic rings. The second-order valence-corrected chi connectivity index (χ2v) is 8.85. The van der Waals surface area contributed by atoms with Gasteiger partial charge in [0.1, 0.15) is 16.2 Å². The Balaban J connectivity index is 1.68. The van der Waals surface area contributed by atoms with Gasteiger partial charge in [0, 0.05) is 6.20 Å². The lowest BCUT2D eigenvalue weighted by molar-refractivity contribution is 0.576. The van der Waals surface area contributed by atoms with Crippen molar-refractivity contribution in [3.05, 3.63) is 88.8 Å². The van der Waals surface area contributed by atoms with Gasteiger partial charge < -0.3 is 4.57 Å². The van der Waals surface area contributed by atoms with Crippen LogP contribution in [0.5, 0.6) is 0 Å². The van der Waals surface area contributed by atoms with Crippen molar-refractivity contribution in [1.29, 1.82) is 0 Å². The highest BCUT2D eigenvalue weighted by Gasteiger charge is 2.19. The maximum atomic E-state index is 12.7. The van der Waals surface area contributed by atoms with E-state index in [0.717, 1.165) is 11.1 Å². The molecule has 2 heterocycles. The summed E-state index contributed by atoms with van der Waals surface area (Å²) < 4.78 is 30.0. The predicted octanol–water partition coefficient (Wildman–Crippen LogP) is 3.92. The van der Waals surface area contributed by atoms with E-state index in [0.29, 0.717) is 23.5 Å². The van der Waals surface area contributed by atoms with Gasteiger partial charge in [-0.2, -0.15) is 0 Å². The van der Waals surface area contributed by atoms with E-state index in [4.69, 9.17) is 11.6 Å². The molecule has 0 atom stereocenters. The number of benzene rings is 2. The summed E-state index contributed by atoms with van der Waals surface area (Å²) in [6, 6.07) is 18.2. The fourth-order valence-electron chi connectivity index (χ4n) is 3.20. The second kappa shape index (κ2) is 7.94. The number of hydrogen-bond acceptors (Lipinski definition) is 4. The van der Waals surface area contributed by atoms with Crippen molar-refractivity contribution in [3.8, 4) is 0 Å². The van der Waals surface area contributed by atoms with Crippen LogP contribution in [0.15, 0.2) is 71.8 Å². The molecule has 0 radical (unpaired) electrons. The maximum absolute atomic E-state index is 12.7. The molecule has 6 nitrogen and oxygen atoms in total. The summed E-state index contributed by atoms with van der Waals surface area (Å²) in [6.45, 7) is 2.60. The van der Waals surface area contributed by atoms with Gasteiger partial charge in [-0.25, -0.2) is 23.1 Å². The van der Waals surface area contributed by atoms with E-state index >= 15 is 0 Å². The third-order valence-corrected chi connectivity index (χ3v) is 6.45. The molecule has 1 N–H and O–H groups in total. The van der Waals surface area contributed by atoms with Crippen molar-refractivity contribution >= 4 is 32.8 Å². The monoisotopic (exact) mass is 426 g/mol. The van der Waals surface area contributed by atoms with Crippen LogP contribution in [-0.2, 0) is 23.1 Å². The molecule has 0 aliphatic heterocycles. The average molecular weight is 427 g/mol. The zero-order valence-electron chi connectivity index (χ0n) is 15.7. The fraction of sp³-hybridized carbons (Fsp3) is 0.143. The van der Waals surface area contributed by atoms with E-state index in [-0.39, 0.29) is 16.5 Å². The molecule has 0 amide bonds. The molecule has 0 aliphatic carbocycles. The molecule has 2 aromatic carbocycles. The molecule has 4 rings (SSSR count). The fourth-order valence-corrected chi connectivity index (χ4v) is 4.70. The summed E-state index contributed by atoms with van der Waals surface area (Å²) in [7, 11) is -3.78. The largest absolute Gasteiger partial charge is 0.307 e. The Kier molecular flexibility index (Phi) is 5.36. The van der Waals surface area contributed by atoms with Crippen molar-refractivity contribution in [2.45, 2.75) is 24.9 Å². The molecule has 0 bridgehead atoms. The number of pyridine rings is 1. The molecule has 0 fully saturated rings. The number of fused-ring (bicyclic) bond motifs is 1. The standard InChI is InChI=1S/C21H19ClN4O2S/c1-15-6-4-7-16(12-15)14-26-20(25-18-9-5-11-23-21(18)26)13-24-29(27,28)19-10-3-2-8-17(19)22/h2-12,24H,13-14H2,1H3. The zero-order chi connectivity index (χ0) is 20.4. The highest BCUT2D eigenvalue weighted by atomic mass is 35.5. The normalized spacial score (nSPS) is 11.8. The number of sulfonamides is 1. The lowest BCUT2D eigenvalue weighted by Crippen LogP contribution is -2.25. The van der Waals surface area contributed by atoms with Crippen LogP contribution in [0.4, 0.5) is 0 Å². The molecule has 4 aromatic rings. The van der Waals surface area contributed by atoms with Gasteiger partial charge in [-0.05, 0) is 36.8 Å². The van der Waals surface area contributed by atoms with Gasteiger partial charge in [0.05, 0.1) is 18.1 Å². The SMILES string of the molecule is Cc1cccc(Cn2c(CNS(=O)(=O)c3ccccc3Cl)nc3cccnc32)c1. The van der Waals surface area contributed by atoms with Crippen LogP contribution in [0.1, 0.15) is 17.0 Å². The third kappa shape index (κ3) is 4.17. The van der Waals surface area contributed by atoms with Crippen LogP contribution in [-0.4, -0.2) is 23.0 Å². The first-order valence-corrected chi connectivity index (χ1v) is 10.9. The Bertz CT molecular complexity index is 1280. The van der Waals surface area contributed by atoms with Crippen LogP contribution in [0.25, 0.3) is 11.2 Å². The highest BCUT2D eigenvalue weighted by molar-refractivity contribution is 7.89. The average Bonchev–Trinajstić information content (AvgIpc) is 3.04. The molecule has 0 spiro atoms. The van der Waals surface area contributed by atoms with E-state index in [1.54, 1.807) is 24.4 Å². The molecule has 148 valence electrons. The molecule has 2 aromatic heterocycles. The van der Waals surface area contributed by atoms with Crippen LogP contribution in [0.2, 0.25) is 5.02 Å². The summed E-state index contributed by atoms with van der Waals surface area (Å²) in [5, 5.41) is 0.176. The van der Waals surface area contributed by atoms with Gasteiger partial charge in [0.2, 0.25) is 10.0 Å². The topological polar surface area (TPSA) is 76.9 Å². The van der Waals surface area contributed by atoms with Gasteiger partial charge in [0.25, 0.3) is 0 Å². The Morgan fingerprint density at radius 2 is 1.90 bits per heavy atom. The summed E-state index contributed by atoms with van der Waals surface area (Å²) in [5.41, 5.74) is 3.67. The van der Waals surface area contributed by atoms with Gasteiger partial charge in [-0.1, -0.05) is 53.6 Å². The minimum absolute atomic E-state index is 0.0235. The number of rotatable bonds is 6. The molecular formula is C21H19ClN4O2S. The highest BCUT2D eigenvalue weighted by Crippen LogP contribution is 2.21. The van der Waals surface area contributed by atoms with Crippen molar-refractivity contribution in [2.75, 3.05) is 0 Å². The van der Waals surface area contributed by atoms with Crippen molar-refractivity contribution in [1.82, 2.24) is 19.3 Å². The Labute approximate surface area is 174 Å². The Morgan fingerprint density at radius 1 is 1.07 bits per heavy atom. The molecule has 29 heavy (non-hydrogen) atoms. The van der Waals surface area contributed by atoms with Crippen molar-refractivity contribution in [3.63, 3.8) is 0 Å².